The third-order valence-electron chi connectivity index (χ3n) is 4.85. The maximum atomic E-state index is 13.9. The summed E-state index contributed by atoms with van der Waals surface area (Å²) in [5, 5.41) is 1.26. The summed E-state index contributed by atoms with van der Waals surface area (Å²) < 4.78 is 36.7. The Kier molecular flexibility index (Phi) is 4.75. The maximum Gasteiger partial charge on any atom is 0.494 e. The summed E-state index contributed by atoms with van der Waals surface area (Å²) in [5.41, 5.74) is -0.138. The average Bonchev–Trinajstić information content (AvgIpc) is 2.76. The molecule has 25 heavy (non-hydrogen) atoms. The highest BCUT2D eigenvalue weighted by Crippen LogP contribution is 2.38. The van der Waals surface area contributed by atoms with Crippen LogP contribution in [0.15, 0.2) is 24.3 Å². The monoisotopic (exact) mass is 366 g/mol. The van der Waals surface area contributed by atoms with E-state index in [1.165, 1.54) is 13.2 Å². The third-order valence-corrected chi connectivity index (χ3v) is 5.22. The van der Waals surface area contributed by atoms with Gasteiger partial charge in [-0.05, 0) is 50.7 Å². The Labute approximate surface area is 152 Å². The lowest BCUT2D eigenvalue weighted by atomic mass is 9.78. The molecule has 0 atom stereocenters. The van der Waals surface area contributed by atoms with Gasteiger partial charge < -0.3 is 18.8 Å². The highest BCUT2D eigenvalue weighted by molar-refractivity contribution is 6.62. The lowest BCUT2D eigenvalue weighted by Crippen LogP contribution is -2.41. The molecule has 1 fully saturated rings. The van der Waals surface area contributed by atoms with Gasteiger partial charge >= 0.3 is 7.12 Å². The zero-order valence-electron chi connectivity index (χ0n) is 15.0. The van der Waals surface area contributed by atoms with Gasteiger partial charge in [0.05, 0.1) is 16.2 Å². The van der Waals surface area contributed by atoms with Crippen LogP contribution in [0.1, 0.15) is 27.7 Å². The van der Waals surface area contributed by atoms with Crippen LogP contribution in [0, 0.1) is 5.82 Å². The first-order valence-electron chi connectivity index (χ1n) is 8.05. The molecule has 1 aliphatic rings. The van der Waals surface area contributed by atoms with Crippen molar-refractivity contribution in [2.24, 2.45) is 0 Å². The molecule has 7 heteroatoms. The molecule has 3 rings (SSSR count). The molecule has 0 aromatic heterocycles. The van der Waals surface area contributed by atoms with Crippen LogP contribution in [0.5, 0.6) is 5.75 Å². The summed E-state index contributed by atoms with van der Waals surface area (Å²) in [5.74, 6) is -0.0756. The van der Waals surface area contributed by atoms with Crippen molar-refractivity contribution < 1.29 is 23.2 Å². The topological polar surface area (TPSA) is 36.9 Å². The predicted molar refractivity (Wildman–Crippen MR) is 97.1 cm³/mol. The lowest BCUT2D eigenvalue weighted by molar-refractivity contribution is 0.00578. The van der Waals surface area contributed by atoms with E-state index in [4.69, 9.17) is 30.4 Å². The van der Waals surface area contributed by atoms with Crippen LogP contribution in [0.3, 0.4) is 0 Å². The molecule has 4 nitrogen and oxygen atoms in total. The Bertz CT molecular complexity index is 793. The van der Waals surface area contributed by atoms with Gasteiger partial charge in [0, 0.05) is 12.5 Å². The first kappa shape index (κ1) is 18.5. The van der Waals surface area contributed by atoms with E-state index in [0.29, 0.717) is 11.1 Å². The zero-order chi connectivity index (χ0) is 18.4. The molecule has 0 radical (unpaired) electrons. The van der Waals surface area contributed by atoms with Crippen molar-refractivity contribution in [3.8, 4) is 5.75 Å². The van der Waals surface area contributed by atoms with Crippen LogP contribution in [-0.2, 0) is 14.0 Å². The molecule has 0 unspecified atom stereocenters. The van der Waals surface area contributed by atoms with Gasteiger partial charge in [0.15, 0.2) is 6.79 Å². The fourth-order valence-corrected chi connectivity index (χ4v) is 3.00. The summed E-state index contributed by atoms with van der Waals surface area (Å²) in [4.78, 5) is 0. The molecule has 1 aliphatic heterocycles. The molecule has 1 heterocycles. The SMILES string of the molecule is COCOc1cc(B2OC(C)(C)C(C)(C)O2)cc2ccc(F)c(Cl)c12. The second kappa shape index (κ2) is 6.43. The summed E-state index contributed by atoms with van der Waals surface area (Å²) in [6.07, 6.45) is 0. The zero-order valence-corrected chi connectivity index (χ0v) is 15.7. The number of fused-ring (bicyclic) bond motifs is 1. The minimum Gasteiger partial charge on any atom is -0.467 e. The van der Waals surface area contributed by atoms with Crippen molar-refractivity contribution in [1.29, 1.82) is 0 Å². The van der Waals surface area contributed by atoms with Crippen molar-refractivity contribution in [3.63, 3.8) is 0 Å². The number of hydrogen-bond acceptors (Lipinski definition) is 4. The Morgan fingerprint density at radius 1 is 1.12 bits per heavy atom. The molecule has 2 aromatic carbocycles. The van der Waals surface area contributed by atoms with Crippen molar-refractivity contribution in [1.82, 2.24) is 0 Å². The molecule has 0 saturated carbocycles. The van der Waals surface area contributed by atoms with E-state index >= 15 is 0 Å². The third kappa shape index (κ3) is 3.24. The number of hydrogen-bond donors (Lipinski definition) is 0. The molecule has 0 spiro atoms. The highest BCUT2D eigenvalue weighted by atomic mass is 35.5. The van der Waals surface area contributed by atoms with E-state index in [0.717, 1.165) is 10.8 Å². The summed E-state index contributed by atoms with van der Waals surface area (Å²) in [6.45, 7) is 7.98. The minimum atomic E-state index is -0.553. The quantitative estimate of drug-likeness (QED) is 0.607. The van der Waals surface area contributed by atoms with Crippen LogP contribution in [0.2, 0.25) is 5.02 Å². The van der Waals surface area contributed by atoms with E-state index in [9.17, 15) is 4.39 Å². The van der Waals surface area contributed by atoms with Gasteiger partial charge in [-0.2, -0.15) is 0 Å². The fourth-order valence-electron chi connectivity index (χ4n) is 2.73. The van der Waals surface area contributed by atoms with Crippen molar-refractivity contribution in [2.75, 3.05) is 13.9 Å². The smallest absolute Gasteiger partial charge is 0.467 e. The summed E-state index contributed by atoms with van der Waals surface area (Å²) in [7, 11) is 0.964. The molecule has 1 saturated heterocycles. The largest absolute Gasteiger partial charge is 0.494 e. The number of halogens is 2. The number of methoxy groups -OCH3 is 1. The number of benzene rings is 2. The number of ether oxygens (including phenoxy) is 2. The first-order chi connectivity index (χ1) is 11.7. The normalized spacial score (nSPS) is 18.8. The van der Waals surface area contributed by atoms with Crippen LogP contribution in [0.25, 0.3) is 10.8 Å². The summed E-state index contributed by atoms with van der Waals surface area (Å²) >= 11 is 6.15. The van der Waals surface area contributed by atoms with Crippen molar-refractivity contribution in [2.45, 2.75) is 38.9 Å². The molecule has 0 aliphatic carbocycles. The lowest BCUT2D eigenvalue weighted by Gasteiger charge is -2.32. The minimum absolute atomic E-state index is 0.0177. The van der Waals surface area contributed by atoms with E-state index in [1.807, 2.05) is 33.8 Å². The van der Waals surface area contributed by atoms with Gasteiger partial charge in [0.2, 0.25) is 0 Å². The van der Waals surface area contributed by atoms with E-state index < -0.39 is 24.1 Å². The number of rotatable bonds is 4. The molecule has 0 bridgehead atoms. The molecular weight excluding hydrogens is 345 g/mol. The summed E-state index contributed by atoms with van der Waals surface area (Å²) in [6, 6.07) is 6.63. The van der Waals surface area contributed by atoms with Gasteiger partial charge in [0.25, 0.3) is 0 Å². The molecule has 2 aromatic rings. The van der Waals surface area contributed by atoms with E-state index in [1.54, 1.807) is 12.1 Å². The highest BCUT2D eigenvalue weighted by Gasteiger charge is 2.51. The van der Waals surface area contributed by atoms with Crippen LogP contribution < -0.4 is 10.2 Å². The van der Waals surface area contributed by atoms with Gasteiger partial charge in [-0.1, -0.05) is 23.7 Å². The second-order valence-corrected chi connectivity index (χ2v) is 7.50. The molecule has 0 amide bonds. The Morgan fingerprint density at radius 3 is 2.36 bits per heavy atom. The van der Waals surface area contributed by atoms with E-state index in [-0.39, 0.29) is 11.8 Å². The molecule has 134 valence electrons. The maximum absolute atomic E-state index is 13.9. The van der Waals surface area contributed by atoms with Crippen LogP contribution >= 0.6 is 11.6 Å². The Balaban J connectivity index is 2.10. The van der Waals surface area contributed by atoms with Crippen LogP contribution in [0.4, 0.5) is 4.39 Å². The van der Waals surface area contributed by atoms with E-state index in [2.05, 4.69) is 0 Å². The Hall–Kier alpha value is -1.34. The Morgan fingerprint density at radius 2 is 1.76 bits per heavy atom. The molecule has 0 N–H and O–H groups in total. The average molecular weight is 367 g/mol. The molecular formula is C18H21BClFO4. The second-order valence-electron chi connectivity index (χ2n) is 7.12. The van der Waals surface area contributed by atoms with Gasteiger partial charge in [-0.25, -0.2) is 4.39 Å². The predicted octanol–water partition coefficient (Wildman–Crippen LogP) is 3.91. The first-order valence-corrected chi connectivity index (χ1v) is 8.43. The van der Waals surface area contributed by atoms with Crippen molar-refractivity contribution in [3.05, 3.63) is 35.1 Å². The van der Waals surface area contributed by atoms with Gasteiger partial charge in [0.1, 0.15) is 11.6 Å². The van der Waals surface area contributed by atoms with Gasteiger partial charge in [-0.15, -0.1) is 0 Å². The van der Waals surface area contributed by atoms with Gasteiger partial charge in [-0.3, -0.25) is 0 Å². The van der Waals surface area contributed by atoms with Crippen molar-refractivity contribution >= 4 is 35.0 Å². The fraction of sp³-hybridized carbons (Fsp3) is 0.444. The van der Waals surface area contributed by atoms with Crippen LogP contribution in [-0.4, -0.2) is 32.2 Å². The standard InChI is InChI=1S/C18H21BClFO4/c1-17(2)18(3,4)25-19(24-17)12-8-11-6-7-13(21)16(20)15(11)14(9-12)23-10-22-5/h6-9H,10H2,1-5H3.